The van der Waals surface area contributed by atoms with Crippen molar-refractivity contribution in [2.75, 3.05) is 13.2 Å². The molecule has 1 aliphatic carbocycles. The number of hydrogen-bond acceptors (Lipinski definition) is 2. The van der Waals surface area contributed by atoms with E-state index in [0.29, 0.717) is 6.04 Å². The van der Waals surface area contributed by atoms with Crippen molar-refractivity contribution in [3.8, 4) is 0 Å². The van der Waals surface area contributed by atoms with Crippen LogP contribution in [0.3, 0.4) is 0 Å². The molecule has 0 radical (unpaired) electrons. The van der Waals surface area contributed by atoms with Gasteiger partial charge in [-0.15, -0.1) is 0 Å². The van der Waals surface area contributed by atoms with Crippen LogP contribution in [0.25, 0.3) is 0 Å². The molecule has 0 bridgehead atoms. The lowest BCUT2D eigenvalue weighted by atomic mass is 9.89. The number of nitrogens with one attached hydrogen (secondary N) is 1. The maximum atomic E-state index is 9.02. The third-order valence-corrected chi connectivity index (χ3v) is 3.99. The maximum Gasteiger partial charge on any atom is 0.0436 e. The van der Waals surface area contributed by atoms with Gasteiger partial charge in [0.1, 0.15) is 0 Å². The summed E-state index contributed by atoms with van der Waals surface area (Å²) in [7, 11) is 0. The molecule has 1 aromatic rings. The largest absolute Gasteiger partial charge is 0.396 e. The summed E-state index contributed by atoms with van der Waals surface area (Å²) in [6.07, 6.45) is 2.98. The molecule has 0 aliphatic heterocycles. The van der Waals surface area contributed by atoms with Crippen LogP contribution in [0.2, 0.25) is 5.02 Å². The van der Waals surface area contributed by atoms with E-state index in [2.05, 4.69) is 31.3 Å². The minimum atomic E-state index is 0.154. The Morgan fingerprint density at radius 3 is 2.78 bits per heavy atom. The number of rotatable bonds is 5. The topological polar surface area (TPSA) is 32.3 Å². The highest BCUT2D eigenvalue weighted by Crippen LogP contribution is 2.26. The van der Waals surface area contributed by atoms with Crippen molar-refractivity contribution in [2.45, 2.75) is 39.2 Å². The minimum absolute atomic E-state index is 0.154. The van der Waals surface area contributed by atoms with E-state index in [1.54, 1.807) is 0 Å². The second-order valence-corrected chi connectivity index (χ2v) is 6.47. The fraction of sp³-hybridized carbons (Fsp3) is 0.600. The van der Waals surface area contributed by atoms with Crippen LogP contribution in [-0.4, -0.2) is 24.3 Å². The summed E-state index contributed by atoms with van der Waals surface area (Å²) in [4.78, 5) is 0. The Bertz CT molecular complexity index is 417. The fourth-order valence-corrected chi connectivity index (χ4v) is 2.74. The Labute approximate surface area is 114 Å². The third-order valence-electron chi connectivity index (χ3n) is 3.76. The van der Waals surface area contributed by atoms with E-state index < -0.39 is 0 Å². The zero-order chi connectivity index (χ0) is 13.2. The second-order valence-electron chi connectivity index (χ2n) is 6.04. The first-order valence-corrected chi connectivity index (χ1v) is 6.99. The molecule has 0 fully saturated rings. The molecule has 0 saturated carbocycles. The molecule has 1 aromatic carbocycles. The standard InChI is InChI=1S/C15H22ClNO/c1-15(2,5-6-18)10-17-14-8-11-3-4-13(16)7-12(11)9-14/h3-4,7,14,17-18H,5-6,8-10H2,1-2H3. The van der Waals surface area contributed by atoms with E-state index in [0.717, 1.165) is 30.8 Å². The number of halogens is 1. The van der Waals surface area contributed by atoms with Crippen LogP contribution in [-0.2, 0) is 12.8 Å². The van der Waals surface area contributed by atoms with E-state index in [4.69, 9.17) is 16.7 Å². The molecule has 18 heavy (non-hydrogen) atoms. The van der Waals surface area contributed by atoms with Crippen molar-refractivity contribution in [1.29, 1.82) is 0 Å². The lowest BCUT2D eigenvalue weighted by Gasteiger charge is -2.26. The summed E-state index contributed by atoms with van der Waals surface area (Å²) in [5.41, 5.74) is 2.94. The number of aliphatic hydroxyl groups excluding tert-OH is 1. The first kappa shape index (κ1) is 13.9. The van der Waals surface area contributed by atoms with E-state index in [1.165, 1.54) is 11.1 Å². The van der Waals surface area contributed by atoms with Gasteiger partial charge in [0.25, 0.3) is 0 Å². The first-order valence-electron chi connectivity index (χ1n) is 6.62. The molecule has 100 valence electrons. The van der Waals surface area contributed by atoms with Gasteiger partial charge in [0.15, 0.2) is 0 Å². The molecule has 0 spiro atoms. The van der Waals surface area contributed by atoms with Crippen LogP contribution < -0.4 is 5.32 Å². The summed E-state index contributed by atoms with van der Waals surface area (Å²) in [6, 6.07) is 6.70. The van der Waals surface area contributed by atoms with Gasteiger partial charge in [-0.3, -0.25) is 0 Å². The quantitative estimate of drug-likeness (QED) is 0.860. The van der Waals surface area contributed by atoms with Crippen molar-refractivity contribution in [2.24, 2.45) is 5.41 Å². The van der Waals surface area contributed by atoms with Crippen molar-refractivity contribution < 1.29 is 5.11 Å². The molecule has 1 unspecified atom stereocenters. The Morgan fingerprint density at radius 1 is 1.33 bits per heavy atom. The number of hydrogen-bond donors (Lipinski definition) is 2. The maximum absolute atomic E-state index is 9.02. The van der Waals surface area contributed by atoms with E-state index >= 15 is 0 Å². The molecule has 2 N–H and O–H groups in total. The monoisotopic (exact) mass is 267 g/mol. The van der Waals surface area contributed by atoms with E-state index in [1.807, 2.05) is 6.07 Å². The second kappa shape index (κ2) is 5.60. The first-order chi connectivity index (χ1) is 8.50. The predicted molar refractivity (Wildman–Crippen MR) is 76.1 cm³/mol. The lowest BCUT2D eigenvalue weighted by Crippen LogP contribution is -2.37. The SMILES string of the molecule is CC(C)(CCO)CNC1Cc2ccc(Cl)cc2C1. The van der Waals surface area contributed by atoms with Crippen LogP contribution in [0.15, 0.2) is 18.2 Å². The van der Waals surface area contributed by atoms with Crippen LogP contribution in [0, 0.1) is 5.41 Å². The minimum Gasteiger partial charge on any atom is -0.396 e. The van der Waals surface area contributed by atoms with Gasteiger partial charge in [-0.25, -0.2) is 0 Å². The normalized spacial score (nSPS) is 19.0. The van der Waals surface area contributed by atoms with Crippen LogP contribution in [0.5, 0.6) is 0 Å². The van der Waals surface area contributed by atoms with E-state index in [9.17, 15) is 0 Å². The molecule has 0 amide bonds. The Morgan fingerprint density at radius 2 is 2.06 bits per heavy atom. The molecule has 0 heterocycles. The molecular formula is C15H22ClNO. The van der Waals surface area contributed by atoms with Gasteiger partial charge < -0.3 is 10.4 Å². The molecule has 1 aliphatic rings. The zero-order valence-electron chi connectivity index (χ0n) is 11.2. The summed E-state index contributed by atoms with van der Waals surface area (Å²) in [5, 5.41) is 13.5. The van der Waals surface area contributed by atoms with Gasteiger partial charge in [0.2, 0.25) is 0 Å². The highest BCUT2D eigenvalue weighted by molar-refractivity contribution is 6.30. The van der Waals surface area contributed by atoms with Gasteiger partial charge in [0.05, 0.1) is 0 Å². The number of benzene rings is 1. The molecule has 2 rings (SSSR count). The Kier molecular flexibility index (Phi) is 4.31. The highest BCUT2D eigenvalue weighted by Gasteiger charge is 2.24. The molecule has 2 nitrogen and oxygen atoms in total. The van der Waals surface area contributed by atoms with Crippen molar-refractivity contribution in [3.63, 3.8) is 0 Å². The van der Waals surface area contributed by atoms with E-state index in [-0.39, 0.29) is 12.0 Å². The summed E-state index contributed by atoms with van der Waals surface area (Å²) < 4.78 is 0. The summed E-state index contributed by atoms with van der Waals surface area (Å²) in [6.45, 7) is 5.58. The molecule has 0 saturated heterocycles. The Balaban J connectivity index is 1.88. The smallest absolute Gasteiger partial charge is 0.0436 e. The van der Waals surface area contributed by atoms with Crippen molar-refractivity contribution in [3.05, 3.63) is 34.3 Å². The molecule has 0 aromatic heterocycles. The van der Waals surface area contributed by atoms with Crippen molar-refractivity contribution >= 4 is 11.6 Å². The van der Waals surface area contributed by atoms with Gasteiger partial charge in [0, 0.05) is 24.2 Å². The zero-order valence-corrected chi connectivity index (χ0v) is 11.9. The van der Waals surface area contributed by atoms with Gasteiger partial charge in [-0.1, -0.05) is 31.5 Å². The summed E-state index contributed by atoms with van der Waals surface area (Å²) in [5.74, 6) is 0. The predicted octanol–water partition coefficient (Wildman–Crippen LogP) is 2.81. The average Bonchev–Trinajstić information content (AvgIpc) is 2.68. The number of fused-ring (bicyclic) bond motifs is 1. The summed E-state index contributed by atoms with van der Waals surface area (Å²) >= 11 is 6.01. The Hall–Kier alpha value is -0.570. The highest BCUT2D eigenvalue weighted by atomic mass is 35.5. The molecule has 3 heteroatoms. The molecule has 1 atom stereocenters. The van der Waals surface area contributed by atoms with Crippen LogP contribution in [0.4, 0.5) is 0 Å². The average molecular weight is 268 g/mol. The third kappa shape index (κ3) is 3.47. The van der Waals surface area contributed by atoms with Crippen molar-refractivity contribution in [1.82, 2.24) is 5.32 Å². The van der Waals surface area contributed by atoms with Gasteiger partial charge in [-0.05, 0) is 47.9 Å². The number of aliphatic hydroxyl groups is 1. The van der Waals surface area contributed by atoms with Gasteiger partial charge in [-0.2, -0.15) is 0 Å². The van der Waals surface area contributed by atoms with Gasteiger partial charge >= 0.3 is 0 Å². The van der Waals surface area contributed by atoms with Crippen LogP contribution >= 0.6 is 11.6 Å². The molecular weight excluding hydrogens is 246 g/mol. The lowest BCUT2D eigenvalue weighted by molar-refractivity contribution is 0.203. The fourth-order valence-electron chi connectivity index (χ4n) is 2.54. The van der Waals surface area contributed by atoms with Crippen LogP contribution in [0.1, 0.15) is 31.4 Å².